The fourth-order valence-corrected chi connectivity index (χ4v) is 4.70. The van der Waals surface area contributed by atoms with Crippen molar-refractivity contribution in [2.45, 2.75) is 64.9 Å². The van der Waals surface area contributed by atoms with Crippen LogP contribution >= 0.6 is 7.82 Å². The van der Waals surface area contributed by atoms with Crippen molar-refractivity contribution >= 4 is 25.4 Å². The lowest BCUT2D eigenvalue weighted by molar-refractivity contribution is -0.137. The molecule has 1 aromatic carbocycles. The monoisotopic (exact) mass is 550 g/mol. The molecule has 2 heterocycles. The number of piperidine rings is 1. The molecule has 12 heteroatoms. The molecule has 38 heavy (non-hydrogen) atoms. The number of phosphoric acid groups is 1. The van der Waals surface area contributed by atoms with Crippen LogP contribution in [0.3, 0.4) is 0 Å². The molecule has 1 aromatic rings. The molecule has 1 atom stereocenters. The van der Waals surface area contributed by atoms with Gasteiger partial charge in [0.05, 0.1) is 5.71 Å². The molecule has 0 spiro atoms. The number of carbonyl (C=O) groups is 2. The Bertz CT molecular complexity index is 1150. The molecule has 1 fully saturated rings. The highest BCUT2D eigenvalue weighted by Crippen LogP contribution is 2.42. The molecular weight excluding hydrogens is 515 g/mol. The Kier molecular flexibility index (Phi) is 10.5. The minimum Gasteiger partial charge on any atom is -0.508 e. The highest BCUT2D eigenvalue weighted by molar-refractivity contribution is 7.46. The first-order chi connectivity index (χ1) is 18.0. The topological polar surface area (TPSA) is 155 Å². The summed E-state index contributed by atoms with van der Waals surface area (Å²) in [7, 11) is -5.07. The summed E-state index contributed by atoms with van der Waals surface area (Å²) in [4.78, 5) is 51.6. The second kappa shape index (κ2) is 13.6. The molecule has 0 saturated carbocycles. The van der Waals surface area contributed by atoms with E-state index in [1.807, 2.05) is 19.1 Å². The summed E-state index contributed by atoms with van der Waals surface area (Å²) in [5.74, 6) is -1.94. The molecule has 0 radical (unpaired) electrons. The number of phenolic OH excluding ortho intramolecular Hbond substituents is 1. The van der Waals surface area contributed by atoms with Crippen molar-refractivity contribution in [2.24, 2.45) is 5.16 Å². The minimum absolute atomic E-state index is 0.0736. The molecule has 1 saturated heterocycles. The van der Waals surface area contributed by atoms with Crippen LogP contribution in [0.25, 0.3) is 0 Å². The number of phosphoric ester groups is 1. The zero-order valence-corrected chi connectivity index (χ0v) is 22.6. The lowest BCUT2D eigenvalue weighted by atomic mass is 9.98. The Morgan fingerprint density at radius 2 is 1.95 bits per heavy atom. The molecule has 3 N–H and O–H groups in total. The molecule has 1 amide bonds. The summed E-state index contributed by atoms with van der Waals surface area (Å²) in [6.07, 6.45) is 9.94. The van der Waals surface area contributed by atoms with Crippen LogP contribution in [-0.2, 0) is 25.4 Å². The SMILES string of the molecule is C/C1=C\C(=N/OCC(=O)N2CCCCC2)Cc2cc(O)cc(OP(=O)(O)O)c2C(=O)OC(C)C/C=C/CC1. The maximum Gasteiger partial charge on any atom is 0.524 e. The van der Waals surface area contributed by atoms with Gasteiger partial charge in [0.15, 0.2) is 6.61 Å². The number of likely N-dealkylation sites (tertiary alicyclic amines) is 1. The minimum atomic E-state index is -5.07. The summed E-state index contributed by atoms with van der Waals surface area (Å²) in [5.41, 5.74) is 1.21. The van der Waals surface area contributed by atoms with Gasteiger partial charge in [-0.05, 0) is 63.7 Å². The van der Waals surface area contributed by atoms with E-state index < -0.39 is 25.6 Å². The van der Waals surface area contributed by atoms with Crippen LogP contribution in [0.1, 0.15) is 68.3 Å². The molecule has 2 aliphatic heterocycles. The number of esters is 1. The normalized spacial score (nSPS) is 22.9. The zero-order valence-electron chi connectivity index (χ0n) is 21.7. The number of hydrogen-bond acceptors (Lipinski definition) is 8. The van der Waals surface area contributed by atoms with Gasteiger partial charge < -0.3 is 24.1 Å². The van der Waals surface area contributed by atoms with E-state index in [-0.39, 0.29) is 35.8 Å². The standard InChI is InChI=1S/C26H35N2O9P/c1-18-9-5-3-6-10-19(2)36-26(31)25-20(15-22(29)16-23(25)37-38(32,33)34)14-21(13-18)27-35-17-24(30)28-11-7-4-8-12-28/h3,6,13,15-16,19,29H,4-5,7-12,14,17H2,1-2H3,(H2,32,33,34)/b6-3+,18-13+,27-21+. The second-order valence-corrected chi connectivity index (χ2v) is 10.7. The average Bonchev–Trinajstić information content (AvgIpc) is 2.82. The zero-order chi connectivity index (χ0) is 27.7. The quantitative estimate of drug-likeness (QED) is 0.213. The van der Waals surface area contributed by atoms with Gasteiger partial charge in [-0.25, -0.2) is 9.36 Å². The van der Waals surface area contributed by atoms with Gasteiger partial charge in [-0.15, -0.1) is 0 Å². The first kappa shape index (κ1) is 29.4. The number of benzene rings is 1. The largest absolute Gasteiger partial charge is 0.524 e. The molecule has 2 aliphatic rings. The highest BCUT2D eigenvalue weighted by atomic mass is 31.2. The third-order valence-corrected chi connectivity index (χ3v) is 6.54. The number of ether oxygens (including phenoxy) is 1. The van der Waals surface area contributed by atoms with Crippen molar-refractivity contribution in [3.05, 3.63) is 47.1 Å². The van der Waals surface area contributed by atoms with Crippen LogP contribution in [0.15, 0.2) is 41.1 Å². The van der Waals surface area contributed by atoms with E-state index >= 15 is 0 Å². The number of allylic oxidation sites excluding steroid dienone is 3. The number of rotatable bonds is 5. The molecular formula is C26H35N2O9P. The number of fused-ring (bicyclic) bond motifs is 1. The summed E-state index contributed by atoms with van der Waals surface area (Å²) in [6, 6.07) is 2.22. The van der Waals surface area contributed by atoms with E-state index in [1.165, 1.54) is 6.07 Å². The number of amides is 1. The fourth-order valence-electron chi connectivity index (χ4n) is 4.30. The van der Waals surface area contributed by atoms with Crippen LogP contribution in [-0.4, -0.2) is 63.2 Å². The predicted molar refractivity (Wildman–Crippen MR) is 140 cm³/mol. The van der Waals surface area contributed by atoms with Gasteiger partial charge >= 0.3 is 13.8 Å². The maximum atomic E-state index is 13.2. The molecule has 0 aromatic heterocycles. The Balaban J connectivity index is 1.98. The van der Waals surface area contributed by atoms with Crippen molar-refractivity contribution in [1.82, 2.24) is 4.90 Å². The summed E-state index contributed by atoms with van der Waals surface area (Å²) < 4.78 is 21.9. The molecule has 0 aliphatic carbocycles. The molecule has 3 rings (SSSR count). The number of oxime groups is 1. The molecule has 1 unspecified atom stereocenters. The lowest BCUT2D eigenvalue weighted by Gasteiger charge is -2.26. The van der Waals surface area contributed by atoms with Crippen molar-refractivity contribution in [1.29, 1.82) is 0 Å². The van der Waals surface area contributed by atoms with Gasteiger partial charge in [-0.1, -0.05) is 22.9 Å². The number of nitrogens with zero attached hydrogens (tertiary/aromatic N) is 2. The molecule has 208 valence electrons. The van der Waals surface area contributed by atoms with Crippen molar-refractivity contribution < 1.29 is 43.1 Å². The van der Waals surface area contributed by atoms with Gasteiger partial charge in [0.1, 0.15) is 23.2 Å². The van der Waals surface area contributed by atoms with Gasteiger partial charge in [0.25, 0.3) is 5.91 Å². The summed E-state index contributed by atoms with van der Waals surface area (Å²) in [5, 5.41) is 14.4. The second-order valence-electron chi connectivity index (χ2n) is 9.49. The smallest absolute Gasteiger partial charge is 0.508 e. The maximum absolute atomic E-state index is 13.2. The van der Waals surface area contributed by atoms with Gasteiger partial charge in [0, 0.05) is 32.0 Å². The number of carbonyl (C=O) groups excluding carboxylic acids is 2. The van der Waals surface area contributed by atoms with Crippen molar-refractivity contribution in [2.75, 3.05) is 19.7 Å². The van der Waals surface area contributed by atoms with E-state index in [2.05, 4.69) is 5.16 Å². The number of cyclic esters (lactones) is 1. The number of aromatic hydroxyl groups is 1. The van der Waals surface area contributed by atoms with Crippen LogP contribution < -0.4 is 4.52 Å². The predicted octanol–water partition coefficient (Wildman–Crippen LogP) is 4.02. The third-order valence-electron chi connectivity index (χ3n) is 6.10. The lowest BCUT2D eigenvalue weighted by Crippen LogP contribution is -2.37. The average molecular weight is 551 g/mol. The van der Waals surface area contributed by atoms with Crippen molar-refractivity contribution in [3.8, 4) is 11.5 Å². The van der Waals surface area contributed by atoms with E-state index in [1.54, 1.807) is 17.9 Å². The first-order valence-corrected chi connectivity index (χ1v) is 14.2. The van der Waals surface area contributed by atoms with Crippen LogP contribution in [0.4, 0.5) is 0 Å². The van der Waals surface area contributed by atoms with Crippen LogP contribution in [0.5, 0.6) is 11.5 Å². The molecule has 11 nitrogen and oxygen atoms in total. The van der Waals surface area contributed by atoms with Crippen LogP contribution in [0, 0.1) is 0 Å². The highest BCUT2D eigenvalue weighted by Gasteiger charge is 2.28. The Morgan fingerprint density at radius 3 is 2.66 bits per heavy atom. The first-order valence-electron chi connectivity index (χ1n) is 12.6. The van der Waals surface area contributed by atoms with Gasteiger partial charge in [0.2, 0.25) is 0 Å². The number of hydrogen-bond donors (Lipinski definition) is 3. The van der Waals surface area contributed by atoms with Gasteiger partial charge in [-0.3, -0.25) is 14.6 Å². The van der Waals surface area contributed by atoms with E-state index in [9.17, 15) is 29.0 Å². The molecule has 0 bridgehead atoms. The van der Waals surface area contributed by atoms with E-state index in [0.717, 1.165) is 43.7 Å². The Morgan fingerprint density at radius 1 is 1.21 bits per heavy atom. The number of phenols is 1. The van der Waals surface area contributed by atoms with Gasteiger partial charge in [-0.2, -0.15) is 0 Å². The Labute approximate surface area is 222 Å². The fraction of sp³-hybridized carbons (Fsp3) is 0.500. The van der Waals surface area contributed by atoms with Crippen molar-refractivity contribution in [3.63, 3.8) is 0 Å². The summed E-state index contributed by atoms with van der Waals surface area (Å²) >= 11 is 0. The van der Waals surface area contributed by atoms with E-state index in [0.29, 0.717) is 25.2 Å². The summed E-state index contributed by atoms with van der Waals surface area (Å²) in [6.45, 7) is 4.72. The van der Waals surface area contributed by atoms with Crippen LogP contribution in [0.2, 0.25) is 0 Å². The van der Waals surface area contributed by atoms with E-state index in [4.69, 9.17) is 14.1 Å². The third kappa shape index (κ3) is 9.31. The Hall–Kier alpha value is -3.14.